The minimum absolute atomic E-state index is 0.00343. The molecule has 0 saturated carbocycles. The monoisotopic (exact) mass is 225 g/mol. The first kappa shape index (κ1) is 7.80. The summed E-state index contributed by atoms with van der Waals surface area (Å²) in [5.74, 6) is 0.00343. The number of anilines is 1. The van der Waals surface area contributed by atoms with Crippen LogP contribution < -0.4 is 5.32 Å². The highest BCUT2D eigenvalue weighted by Gasteiger charge is 2.39. The highest BCUT2D eigenvalue weighted by atomic mass is 79.9. The van der Waals surface area contributed by atoms with Crippen molar-refractivity contribution in [3.8, 4) is 0 Å². The van der Waals surface area contributed by atoms with E-state index in [9.17, 15) is 4.79 Å². The van der Waals surface area contributed by atoms with E-state index in [0.29, 0.717) is 0 Å². The van der Waals surface area contributed by atoms with Crippen molar-refractivity contribution in [3.05, 3.63) is 29.8 Å². The second-order valence-electron chi connectivity index (χ2n) is 3.00. The molecule has 1 aliphatic heterocycles. The Balaban J connectivity index is 2.63. The maximum atomic E-state index is 11.4. The van der Waals surface area contributed by atoms with Crippen LogP contribution in [0.25, 0.3) is 0 Å². The number of nitrogens with one attached hydrogen (secondary N) is 1. The van der Waals surface area contributed by atoms with Crippen LogP contribution in [0.15, 0.2) is 24.3 Å². The van der Waals surface area contributed by atoms with Gasteiger partial charge in [0.2, 0.25) is 5.91 Å². The summed E-state index contributed by atoms with van der Waals surface area (Å²) in [5, 5.41) is 2.80. The Kier molecular flexibility index (Phi) is 1.51. The van der Waals surface area contributed by atoms with E-state index in [1.807, 2.05) is 31.2 Å². The van der Waals surface area contributed by atoms with Gasteiger partial charge >= 0.3 is 0 Å². The summed E-state index contributed by atoms with van der Waals surface area (Å²) in [7, 11) is 0. The molecule has 1 aromatic carbocycles. The number of fused-ring (bicyclic) bond motifs is 1. The molecule has 1 atom stereocenters. The Bertz CT molecular complexity index is 346. The average Bonchev–Trinajstić information content (AvgIpc) is 2.25. The van der Waals surface area contributed by atoms with Crippen LogP contribution in [0.1, 0.15) is 12.5 Å². The molecule has 1 unspecified atom stereocenters. The third-order valence-electron chi connectivity index (χ3n) is 2.11. The zero-order valence-corrected chi connectivity index (χ0v) is 8.18. The Morgan fingerprint density at radius 1 is 1.42 bits per heavy atom. The molecule has 0 spiro atoms. The van der Waals surface area contributed by atoms with Gasteiger partial charge in [0.25, 0.3) is 0 Å². The Hall–Kier alpha value is -0.830. The van der Waals surface area contributed by atoms with E-state index < -0.39 is 4.32 Å². The predicted molar refractivity (Wildman–Crippen MR) is 51.4 cm³/mol. The standard InChI is InChI=1S/C9H8BrNO/c1-9(10)6-4-2-3-5-7(6)11-8(9)12/h2-5H,1H3,(H,11,12). The van der Waals surface area contributed by atoms with Crippen LogP contribution >= 0.6 is 15.9 Å². The zero-order chi connectivity index (χ0) is 8.77. The molecule has 0 aromatic heterocycles. The minimum atomic E-state index is -0.552. The fourth-order valence-electron chi connectivity index (χ4n) is 1.36. The predicted octanol–water partition coefficient (Wildman–Crippen LogP) is 2.25. The largest absolute Gasteiger partial charge is 0.324 e. The van der Waals surface area contributed by atoms with Gasteiger partial charge in [0, 0.05) is 11.3 Å². The first-order valence-corrected chi connectivity index (χ1v) is 4.51. The van der Waals surface area contributed by atoms with Gasteiger partial charge in [-0.25, -0.2) is 0 Å². The molecule has 1 N–H and O–H groups in total. The van der Waals surface area contributed by atoms with E-state index in [4.69, 9.17) is 0 Å². The Morgan fingerprint density at radius 3 is 2.75 bits per heavy atom. The molecule has 0 aliphatic carbocycles. The maximum absolute atomic E-state index is 11.4. The molecular formula is C9H8BrNO. The minimum Gasteiger partial charge on any atom is -0.324 e. The second-order valence-corrected chi connectivity index (χ2v) is 4.59. The van der Waals surface area contributed by atoms with Crippen molar-refractivity contribution in [3.63, 3.8) is 0 Å². The van der Waals surface area contributed by atoms with Crippen LogP contribution in [0.3, 0.4) is 0 Å². The number of benzene rings is 1. The van der Waals surface area contributed by atoms with Crippen LogP contribution in [0.5, 0.6) is 0 Å². The second kappa shape index (κ2) is 2.33. The molecule has 2 nitrogen and oxygen atoms in total. The first-order valence-electron chi connectivity index (χ1n) is 3.72. The number of carbonyl (C=O) groups excluding carboxylic acids is 1. The van der Waals surface area contributed by atoms with Gasteiger partial charge in [-0.2, -0.15) is 0 Å². The van der Waals surface area contributed by atoms with Crippen LogP contribution in [-0.2, 0) is 9.12 Å². The van der Waals surface area contributed by atoms with Gasteiger partial charge in [-0.15, -0.1) is 0 Å². The van der Waals surface area contributed by atoms with Crippen molar-refractivity contribution in [1.29, 1.82) is 0 Å². The maximum Gasteiger partial charge on any atom is 0.245 e. The van der Waals surface area contributed by atoms with E-state index in [-0.39, 0.29) is 5.91 Å². The quantitative estimate of drug-likeness (QED) is 0.675. The normalized spacial score (nSPS) is 26.7. The lowest BCUT2D eigenvalue weighted by atomic mass is 10.0. The van der Waals surface area contributed by atoms with Crippen LogP contribution in [0, 0.1) is 0 Å². The van der Waals surface area contributed by atoms with Crippen LogP contribution in [0.2, 0.25) is 0 Å². The Labute approximate surface area is 79.1 Å². The lowest BCUT2D eigenvalue weighted by Gasteiger charge is -2.11. The molecule has 3 heteroatoms. The number of alkyl halides is 1. The summed E-state index contributed by atoms with van der Waals surface area (Å²) in [4.78, 5) is 11.4. The fourth-order valence-corrected chi connectivity index (χ4v) is 1.81. The van der Waals surface area contributed by atoms with Gasteiger partial charge in [-0.05, 0) is 13.0 Å². The molecule has 62 valence electrons. The summed E-state index contributed by atoms with van der Waals surface area (Å²) in [6.45, 7) is 1.86. The number of halogens is 1. The number of amides is 1. The number of carbonyl (C=O) groups is 1. The smallest absolute Gasteiger partial charge is 0.245 e. The van der Waals surface area contributed by atoms with Gasteiger partial charge in [-0.1, -0.05) is 34.1 Å². The van der Waals surface area contributed by atoms with Crippen molar-refractivity contribution in [2.24, 2.45) is 0 Å². The molecule has 1 amide bonds. The number of para-hydroxylation sites is 1. The third-order valence-corrected chi connectivity index (χ3v) is 2.89. The molecular weight excluding hydrogens is 218 g/mol. The third kappa shape index (κ3) is 0.894. The molecule has 1 heterocycles. The molecule has 0 saturated heterocycles. The van der Waals surface area contributed by atoms with Gasteiger partial charge in [0.1, 0.15) is 4.32 Å². The summed E-state index contributed by atoms with van der Waals surface area (Å²) in [5.41, 5.74) is 1.91. The molecule has 0 bridgehead atoms. The average molecular weight is 226 g/mol. The lowest BCUT2D eigenvalue weighted by molar-refractivity contribution is -0.117. The van der Waals surface area contributed by atoms with Gasteiger partial charge in [0.15, 0.2) is 0 Å². The van der Waals surface area contributed by atoms with E-state index >= 15 is 0 Å². The zero-order valence-electron chi connectivity index (χ0n) is 6.60. The summed E-state index contributed by atoms with van der Waals surface area (Å²) in [6.07, 6.45) is 0. The molecule has 0 radical (unpaired) electrons. The summed E-state index contributed by atoms with van der Waals surface area (Å²) < 4.78 is -0.552. The lowest BCUT2D eigenvalue weighted by Crippen LogP contribution is -2.23. The van der Waals surface area contributed by atoms with Crippen molar-refractivity contribution >= 4 is 27.5 Å². The molecule has 1 aliphatic rings. The van der Waals surface area contributed by atoms with E-state index in [0.717, 1.165) is 11.3 Å². The van der Waals surface area contributed by atoms with Crippen LogP contribution in [0.4, 0.5) is 5.69 Å². The van der Waals surface area contributed by atoms with Crippen molar-refractivity contribution in [2.45, 2.75) is 11.2 Å². The summed E-state index contributed by atoms with van der Waals surface area (Å²) >= 11 is 3.39. The Morgan fingerprint density at radius 2 is 2.08 bits per heavy atom. The molecule has 1 aromatic rings. The van der Waals surface area contributed by atoms with E-state index in [1.54, 1.807) is 0 Å². The fraction of sp³-hybridized carbons (Fsp3) is 0.222. The molecule has 12 heavy (non-hydrogen) atoms. The molecule has 2 rings (SSSR count). The molecule has 0 fully saturated rings. The summed E-state index contributed by atoms with van der Waals surface area (Å²) in [6, 6.07) is 7.69. The van der Waals surface area contributed by atoms with Crippen molar-refractivity contribution in [1.82, 2.24) is 0 Å². The topological polar surface area (TPSA) is 29.1 Å². The van der Waals surface area contributed by atoms with Gasteiger partial charge in [0.05, 0.1) is 0 Å². The van der Waals surface area contributed by atoms with Crippen molar-refractivity contribution in [2.75, 3.05) is 5.32 Å². The highest BCUT2D eigenvalue weighted by Crippen LogP contribution is 2.41. The highest BCUT2D eigenvalue weighted by molar-refractivity contribution is 9.10. The first-order chi connectivity index (χ1) is 5.62. The SMILES string of the molecule is CC1(Br)C(=O)Nc2ccccc21. The number of hydrogen-bond donors (Lipinski definition) is 1. The van der Waals surface area contributed by atoms with E-state index in [1.165, 1.54) is 0 Å². The number of rotatable bonds is 0. The number of hydrogen-bond acceptors (Lipinski definition) is 1. The van der Waals surface area contributed by atoms with Gasteiger partial charge < -0.3 is 5.32 Å². The van der Waals surface area contributed by atoms with Crippen LogP contribution in [-0.4, -0.2) is 5.91 Å². The van der Waals surface area contributed by atoms with Crippen molar-refractivity contribution < 1.29 is 4.79 Å². The van der Waals surface area contributed by atoms with E-state index in [2.05, 4.69) is 21.2 Å². The van der Waals surface area contributed by atoms with Gasteiger partial charge in [-0.3, -0.25) is 4.79 Å².